The number of carbonyl (C=O) groups excluding carboxylic acids is 1. The van der Waals surface area contributed by atoms with Crippen molar-refractivity contribution in [1.82, 2.24) is 0 Å². The fourth-order valence-corrected chi connectivity index (χ4v) is 2.89. The van der Waals surface area contributed by atoms with Crippen molar-refractivity contribution in [2.75, 3.05) is 24.6 Å². The van der Waals surface area contributed by atoms with Crippen LogP contribution in [-0.4, -0.2) is 31.7 Å². The number of hydrogen-bond donors (Lipinski definition) is 1. The number of anilines is 1. The van der Waals surface area contributed by atoms with Gasteiger partial charge in [-0.25, -0.2) is 0 Å². The number of ether oxygens (including phenoxy) is 1. The molecule has 1 aromatic carbocycles. The van der Waals surface area contributed by atoms with E-state index in [1.54, 1.807) is 0 Å². The molecule has 2 atom stereocenters. The summed E-state index contributed by atoms with van der Waals surface area (Å²) in [4.78, 5) is 13.9. The summed E-state index contributed by atoms with van der Waals surface area (Å²) in [6.07, 6.45) is 1.35. The maximum absolute atomic E-state index is 11.6. The van der Waals surface area contributed by atoms with Crippen LogP contribution >= 0.6 is 0 Å². The van der Waals surface area contributed by atoms with Gasteiger partial charge in [0.15, 0.2) is 0 Å². The number of nitrogens with two attached hydrogens (primary N) is 1. The average Bonchev–Trinajstić information content (AvgIpc) is 2.38. The minimum absolute atomic E-state index is 0.115. The van der Waals surface area contributed by atoms with Crippen LogP contribution in [0.25, 0.3) is 0 Å². The largest absolute Gasteiger partial charge is 0.466 e. The Balaban J connectivity index is 2.02. The molecule has 20 heavy (non-hydrogen) atoms. The number of piperidine rings is 1. The molecule has 2 unspecified atom stereocenters. The average molecular weight is 276 g/mol. The van der Waals surface area contributed by atoms with Gasteiger partial charge in [0.25, 0.3) is 0 Å². The van der Waals surface area contributed by atoms with Crippen LogP contribution in [0.15, 0.2) is 24.3 Å². The molecular weight excluding hydrogens is 252 g/mol. The highest BCUT2D eigenvalue weighted by atomic mass is 16.5. The molecule has 4 heteroatoms. The Morgan fingerprint density at radius 3 is 2.95 bits per heavy atom. The van der Waals surface area contributed by atoms with Gasteiger partial charge in [0.05, 0.1) is 13.0 Å². The van der Waals surface area contributed by atoms with E-state index in [1.807, 2.05) is 6.92 Å². The first kappa shape index (κ1) is 14.9. The number of hydrogen-bond acceptors (Lipinski definition) is 4. The molecule has 4 nitrogen and oxygen atoms in total. The van der Waals surface area contributed by atoms with Crippen LogP contribution in [0, 0.1) is 12.8 Å². The van der Waals surface area contributed by atoms with E-state index in [9.17, 15) is 4.79 Å². The van der Waals surface area contributed by atoms with Crippen LogP contribution in [0.1, 0.15) is 25.3 Å². The first-order valence-electron chi connectivity index (χ1n) is 7.31. The molecule has 1 saturated heterocycles. The molecular formula is C16H24N2O2. The van der Waals surface area contributed by atoms with Crippen molar-refractivity contribution in [2.24, 2.45) is 11.7 Å². The Labute approximate surface area is 120 Å². The van der Waals surface area contributed by atoms with Gasteiger partial charge in [0, 0.05) is 24.8 Å². The predicted molar refractivity (Wildman–Crippen MR) is 80.7 cm³/mol. The monoisotopic (exact) mass is 276 g/mol. The highest BCUT2D eigenvalue weighted by molar-refractivity contribution is 5.69. The summed E-state index contributed by atoms with van der Waals surface area (Å²) in [5, 5.41) is 0. The Hall–Kier alpha value is -1.55. The number of nitrogens with zero attached hydrogens (tertiary/aromatic N) is 1. The maximum atomic E-state index is 11.6. The van der Waals surface area contributed by atoms with Crippen molar-refractivity contribution in [3.63, 3.8) is 0 Å². The molecule has 0 radical (unpaired) electrons. The van der Waals surface area contributed by atoms with Gasteiger partial charge in [0.2, 0.25) is 0 Å². The van der Waals surface area contributed by atoms with Crippen LogP contribution in [0.3, 0.4) is 0 Å². The molecule has 0 spiro atoms. The summed E-state index contributed by atoms with van der Waals surface area (Å²) in [5.41, 5.74) is 8.58. The lowest BCUT2D eigenvalue weighted by molar-refractivity contribution is -0.144. The van der Waals surface area contributed by atoms with E-state index in [-0.39, 0.29) is 17.9 Å². The van der Waals surface area contributed by atoms with E-state index in [4.69, 9.17) is 10.5 Å². The molecule has 2 rings (SSSR count). The number of aryl methyl sites for hydroxylation is 1. The molecule has 1 fully saturated rings. The third-order valence-electron chi connectivity index (χ3n) is 3.70. The topological polar surface area (TPSA) is 55.6 Å². The highest BCUT2D eigenvalue weighted by Gasteiger charge is 2.27. The number of carbonyl (C=O) groups is 1. The van der Waals surface area contributed by atoms with E-state index in [1.165, 1.54) is 11.3 Å². The Morgan fingerprint density at radius 2 is 2.25 bits per heavy atom. The molecule has 2 N–H and O–H groups in total. The Morgan fingerprint density at radius 1 is 1.45 bits per heavy atom. The zero-order chi connectivity index (χ0) is 14.5. The lowest BCUT2D eigenvalue weighted by atomic mass is 9.91. The molecule has 0 amide bonds. The SMILES string of the molecule is CCOC(=O)CC1CC(N)CN(c2cccc(C)c2)C1. The first-order valence-corrected chi connectivity index (χ1v) is 7.31. The van der Waals surface area contributed by atoms with Gasteiger partial charge >= 0.3 is 5.97 Å². The van der Waals surface area contributed by atoms with Gasteiger partial charge < -0.3 is 15.4 Å². The molecule has 1 heterocycles. The van der Waals surface area contributed by atoms with Crippen molar-refractivity contribution in [3.8, 4) is 0 Å². The number of esters is 1. The van der Waals surface area contributed by atoms with E-state index in [0.717, 1.165) is 19.5 Å². The quantitative estimate of drug-likeness (QED) is 0.856. The van der Waals surface area contributed by atoms with Crippen molar-refractivity contribution >= 4 is 11.7 Å². The second kappa shape index (κ2) is 6.75. The summed E-state index contributed by atoms with van der Waals surface area (Å²) in [5.74, 6) is 0.161. The minimum atomic E-state index is -0.115. The van der Waals surface area contributed by atoms with Crippen molar-refractivity contribution in [1.29, 1.82) is 0 Å². The lowest BCUT2D eigenvalue weighted by Crippen LogP contribution is -2.47. The Kier molecular flexibility index (Phi) is 5.01. The summed E-state index contributed by atoms with van der Waals surface area (Å²) >= 11 is 0. The molecule has 110 valence electrons. The smallest absolute Gasteiger partial charge is 0.306 e. The van der Waals surface area contributed by atoms with Crippen LogP contribution in [0.2, 0.25) is 0 Å². The van der Waals surface area contributed by atoms with Gasteiger partial charge in [0.1, 0.15) is 0 Å². The summed E-state index contributed by atoms with van der Waals surface area (Å²) < 4.78 is 5.04. The van der Waals surface area contributed by atoms with E-state index in [0.29, 0.717) is 13.0 Å². The van der Waals surface area contributed by atoms with Gasteiger partial charge in [-0.2, -0.15) is 0 Å². The summed E-state index contributed by atoms with van der Waals surface area (Å²) in [7, 11) is 0. The molecule has 1 aliphatic rings. The van der Waals surface area contributed by atoms with E-state index < -0.39 is 0 Å². The van der Waals surface area contributed by atoms with Crippen molar-refractivity contribution in [2.45, 2.75) is 32.7 Å². The minimum Gasteiger partial charge on any atom is -0.466 e. The van der Waals surface area contributed by atoms with Crippen molar-refractivity contribution in [3.05, 3.63) is 29.8 Å². The van der Waals surface area contributed by atoms with Gasteiger partial charge in [-0.1, -0.05) is 12.1 Å². The van der Waals surface area contributed by atoms with Gasteiger partial charge in [-0.15, -0.1) is 0 Å². The van der Waals surface area contributed by atoms with Crippen LogP contribution in [0.4, 0.5) is 5.69 Å². The zero-order valence-electron chi connectivity index (χ0n) is 12.3. The normalized spacial score (nSPS) is 22.6. The molecule has 1 aromatic rings. The highest BCUT2D eigenvalue weighted by Crippen LogP contribution is 2.25. The van der Waals surface area contributed by atoms with Gasteiger partial charge in [-0.05, 0) is 43.9 Å². The van der Waals surface area contributed by atoms with Crippen LogP contribution < -0.4 is 10.6 Å². The predicted octanol–water partition coefficient (Wildman–Crippen LogP) is 2.10. The van der Waals surface area contributed by atoms with E-state index >= 15 is 0 Å². The molecule has 0 aromatic heterocycles. The summed E-state index contributed by atoms with van der Waals surface area (Å²) in [6.45, 7) is 6.09. The van der Waals surface area contributed by atoms with Crippen LogP contribution in [0.5, 0.6) is 0 Å². The van der Waals surface area contributed by atoms with Gasteiger partial charge in [-0.3, -0.25) is 4.79 Å². The molecule has 1 aliphatic heterocycles. The molecule has 0 saturated carbocycles. The maximum Gasteiger partial charge on any atom is 0.306 e. The zero-order valence-corrected chi connectivity index (χ0v) is 12.3. The number of rotatable bonds is 4. The molecule has 0 bridgehead atoms. The number of benzene rings is 1. The standard InChI is InChI=1S/C16H24N2O2/c1-3-20-16(19)9-13-8-14(17)11-18(10-13)15-6-4-5-12(2)7-15/h4-7,13-14H,3,8-11,17H2,1-2H3. The second-order valence-electron chi connectivity index (χ2n) is 5.61. The third kappa shape index (κ3) is 3.97. The molecule has 0 aliphatic carbocycles. The third-order valence-corrected chi connectivity index (χ3v) is 3.70. The second-order valence-corrected chi connectivity index (χ2v) is 5.61. The first-order chi connectivity index (χ1) is 9.58. The fourth-order valence-electron chi connectivity index (χ4n) is 2.89. The van der Waals surface area contributed by atoms with Crippen LogP contribution in [-0.2, 0) is 9.53 Å². The Bertz CT molecular complexity index is 462. The van der Waals surface area contributed by atoms with Crippen molar-refractivity contribution < 1.29 is 9.53 Å². The lowest BCUT2D eigenvalue weighted by Gasteiger charge is -2.37. The summed E-state index contributed by atoms with van der Waals surface area (Å²) in [6, 6.07) is 8.53. The van der Waals surface area contributed by atoms with E-state index in [2.05, 4.69) is 36.1 Å². The fraction of sp³-hybridized carbons (Fsp3) is 0.562.